The van der Waals surface area contributed by atoms with Gasteiger partial charge in [-0.05, 0) is 73.5 Å². The molecule has 0 spiro atoms. The number of halogens is 1. The topological polar surface area (TPSA) is 65.0 Å². The van der Waals surface area contributed by atoms with Crippen molar-refractivity contribution in [2.45, 2.75) is 18.7 Å². The number of para-hydroxylation sites is 1. The van der Waals surface area contributed by atoms with E-state index in [4.69, 9.17) is 20.5 Å². The van der Waals surface area contributed by atoms with Gasteiger partial charge in [0.1, 0.15) is 4.90 Å². The van der Waals surface area contributed by atoms with Crippen molar-refractivity contribution < 1.29 is 17.3 Å². The Kier molecular flexibility index (Phi) is 6.56. The van der Waals surface area contributed by atoms with Gasteiger partial charge in [-0.2, -0.15) is 8.42 Å². The number of hydrogen-bond acceptors (Lipinski definition) is 5. The fourth-order valence-corrected chi connectivity index (χ4v) is 3.63. The van der Waals surface area contributed by atoms with Crippen LogP contribution in [-0.4, -0.2) is 21.2 Å². The van der Waals surface area contributed by atoms with E-state index in [1.807, 2.05) is 38.1 Å². The summed E-state index contributed by atoms with van der Waals surface area (Å²) in [6.45, 7) is 4.15. The molecule has 0 radical (unpaired) electrons. The number of hydrogen-bond donors (Lipinski definition) is 0. The first-order valence-electron chi connectivity index (χ1n) is 8.95. The minimum absolute atomic E-state index is 0.00883. The minimum atomic E-state index is -4.02. The van der Waals surface area contributed by atoms with E-state index in [0.29, 0.717) is 17.4 Å². The number of nitrogens with zero attached hydrogens (tertiary/aromatic N) is 1. The van der Waals surface area contributed by atoms with Crippen LogP contribution in [-0.2, 0) is 10.1 Å². The van der Waals surface area contributed by atoms with Gasteiger partial charge in [-0.1, -0.05) is 29.8 Å². The molecule has 0 fully saturated rings. The fraction of sp³-hybridized carbons (Fsp3) is 0.136. The predicted octanol–water partition coefficient (Wildman–Crippen LogP) is 5.57. The maximum Gasteiger partial charge on any atom is 0.339 e. The van der Waals surface area contributed by atoms with E-state index in [2.05, 4.69) is 4.99 Å². The molecule has 150 valence electrons. The second kappa shape index (κ2) is 9.11. The van der Waals surface area contributed by atoms with Crippen molar-refractivity contribution in [1.29, 1.82) is 0 Å². The molecular formula is C22H20ClNO4S. The highest BCUT2D eigenvalue weighted by Crippen LogP contribution is 2.31. The Labute approximate surface area is 175 Å². The lowest BCUT2D eigenvalue weighted by atomic mass is 10.2. The van der Waals surface area contributed by atoms with E-state index in [1.54, 1.807) is 24.4 Å². The average Bonchev–Trinajstić information content (AvgIpc) is 2.69. The van der Waals surface area contributed by atoms with Crippen molar-refractivity contribution in [3.05, 3.63) is 82.9 Å². The Morgan fingerprint density at radius 1 is 1.00 bits per heavy atom. The van der Waals surface area contributed by atoms with Crippen LogP contribution in [0.1, 0.15) is 18.1 Å². The van der Waals surface area contributed by atoms with E-state index in [1.165, 1.54) is 24.3 Å². The van der Waals surface area contributed by atoms with Crippen molar-refractivity contribution >= 4 is 33.6 Å². The highest BCUT2D eigenvalue weighted by atomic mass is 35.5. The van der Waals surface area contributed by atoms with Crippen LogP contribution in [0.25, 0.3) is 0 Å². The van der Waals surface area contributed by atoms with Gasteiger partial charge in [-0.3, -0.25) is 4.99 Å². The average molecular weight is 430 g/mol. The second-order valence-corrected chi connectivity index (χ2v) is 8.16. The number of aliphatic imine (C=N–C) groups is 1. The van der Waals surface area contributed by atoms with Gasteiger partial charge in [0.05, 0.1) is 12.3 Å². The molecule has 0 aliphatic rings. The lowest BCUT2D eigenvalue weighted by Crippen LogP contribution is -2.11. The summed E-state index contributed by atoms with van der Waals surface area (Å²) in [5.41, 5.74) is 2.67. The van der Waals surface area contributed by atoms with Gasteiger partial charge >= 0.3 is 10.1 Å². The van der Waals surface area contributed by atoms with Crippen LogP contribution < -0.4 is 8.92 Å². The first kappa shape index (κ1) is 20.9. The fourth-order valence-electron chi connectivity index (χ4n) is 2.56. The minimum Gasteiger partial charge on any atom is -0.490 e. The first-order valence-corrected chi connectivity index (χ1v) is 10.7. The monoisotopic (exact) mass is 429 g/mol. The van der Waals surface area contributed by atoms with Gasteiger partial charge in [0.2, 0.25) is 0 Å². The molecule has 5 nitrogen and oxygen atoms in total. The molecule has 0 saturated heterocycles. The molecule has 0 aliphatic carbocycles. The molecule has 0 saturated carbocycles. The molecule has 3 aromatic rings. The van der Waals surface area contributed by atoms with Gasteiger partial charge in [0, 0.05) is 11.2 Å². The van der Waals surface area contributed by atoms with Crippen molar-refractivity contribution in [3.8, 4) is 11.5 Å². The van der Waals surface area contributed by atoms with Gasteiger partial charge in [0.15, 0.2) is 11.5 Å². The van der Waals surface area contributed by atoms with Gasteiger partial charge < -0.3 is 8.92 Å². The highest BCUT2D eigenvalue weighted by molar-refractivity contribution is 7.87. The van der Waals surface area contributed by atoms with Crippen LogP contribution in [0.2, 0.25) is 5.02 Å². The Balaban J connectivity index is 1.88. The summed E-state index contributed by atoms with van der Waals surface area (Å²) >= 11 is 5.82. The molecule has 0 N–H and O–H groups in total. The van der Waals surface area contributed by atoms with Gasteiger partial charge in [0.25, 0.3) is 0 Å². The maximum atomic E-state index is 12.6. The van der Waals surface area contributed by atoms with Crippen LogP contribution >= 0.6 is 11.6 Å². The summed E-state index contributed by atoms with van der Waals surface area (Å²) in [6, 6.07) is 18.5. The van der Waals surface area contributed by atoms with Crippen LogP contribution in [0.4, 0.5) is 5.69 Å². The van der Waals surface area contributed by atoms with E-state index in [0.717, 1.165) is 16.8 Å². The third kappa shape index (κ3) is 5.37. The molecule has 0 bridgehead atoms. The highest BCUT2D eigenvalue weighted by Gasteiger charge is 2.19. The van der Waals surface area contributed by atoms with E-state index >= 15 is 0 Å². The Morgan fingerprint density at radius 3 is 2.41 bits per heavy atom. The summed E-state index contributed by atoms with van der Waals surface area (Å²) in [5.74, 6) is 0.425. The molecule has 0 heterocycles. The third-order valence-electron chi connectivity index (χ3n) is 4.04. The normalized spacial score (nSPS) is 11.6. The van der Waals surface area contributed by atoms with Crippen LogP contribution in [0.15, 0.2) is 76.6 Å². The summed E-state index contributed by atoms with van der Waals surface area (Å²) in [7, 11) is -4.02. The lowest BCUT2D eigenvalue weighted by Gasteiger charge is -2.12. The lowest BCUT2D eigenvalue weighted by molar-refractivity contribution is 0.327. The standard InChI is InChI=1S/C22H20ClNO4S/c1-3-27-22-14-17(15-24-20-7-5-4-6-16(20)2)8-13-21(22)28-29(25,26)19-11-9-18(23)10-12-19/h4-15H,3H2,1-2H3. The van der Waals surface area contributed by atoms with Gasteiger partial charge in [-0.25, -0.2) is 0 Å². The molecule has 7 heteroatoms. The molecule has 3 rings (SSSR count). The van der Waals surface area contributed by atoms with Crippen LogP contribution in [0.3, 0.4) is 0 Å². The van der Waals surface area contributed by atoms with Crippen molar-refractivity contribution in [1.82, 2.24) is 0 Å². The zero-order valence-electron chi connectivity index (χ0n) is 16.0. The Hall–Kier alpha value is -2.83. The van der Waals surface area contributed by atoms with E-state index < -0.39 is 10.1 Å². The molecule has 0 atom stereocenters. The summed E-state index contributed by atoms with van der Waals surface area (Å²) in [6.07, 6.45) is 1.70. The maximum absolute atomic E-state index is 12.6. The quantitative estimate of drug-likeness (QED) is 0.364. The molecule has 0 amide bonds. The summed E-state index contributed by atoms with van der Waals surface area (Å²) in [4.78, 5) is 4.49. The van der Waals surface area contributed by atoms with Crippen molar-refractivity contribution in [2.24, 2.45) is 4.99 Å². The van der Waals surface area contributed by atoms with Crippen molar-refractivity contribution in [3.63, 3.8) is 0 Å². The van der Waals surface area contributed by atoms with Crippen molar-refractivity contribution in [2.75, 3.05) is 6.61 Å². The molecule has 0 aromatic heterocycles. The summed E-state index contributed by atoms with van der Waals surface area (Å²) in [5, 5.41) is 0.441. The molecule has 29 heavy (non-hydrogen) atoms. The van der Waals surface area contributed by atoms with Crippen LogP contribution in [0, 0.1) is 6.92 Å². The number of rotatable bonds is 7. The molecule has 0 aliphatic heterocycles. The molecule has 3 aromatic carbocycles. The van der Waals surface area contributed by atoms with Crippen LogP contribution in [0.5, 0.6) is 11.5 Å². The van der Waals surface area contributed by atoms with E-state index in [-0.39, 0.29) is 10.6 Å². The Bertz CT molecular complexity index is 1130. The molecule has 0 unspecified atom stereocenters. The summed E-state index contributed by atoms with van der Waals surface area (Å²) < 4.78 is 36.0. The number of benzene rings is 3. The zero-order chi connectivity index (χ0) is 20.9. The van der Waals surface area contributed by atoms with E-state index in [9.17, 15) is 8.42 Å². The molecular weight excluding hydrogens is 410 g/mol. The third-order valence-corrected chi connectivity index (χ3v) is 5.54. The SMILES string of the molecule is CCOc1cc(C=Nc2ccccc2C)ccc1OS(=O)(=O)c1ccc(Cl)cc1. The number of aryl methyl sites for hydroxylation is 1. The largest absolute Gasteiger partial charge is 0.490 e. The smallest absolute Gasteiger partial charge is 0.339 e. The Morgan fingerprint density at radius 2 is 1.72 bits per heavy atom. The zero-order valence-corrected chi connectivity index (χ0v) is 17.6. The van der Waals surface area contributed by atoms with Gasteiger partial charge in [-0.15, -0.1) is 0 Å². The first-order chi connectivity index (χ1) is 13.9. The number of ether oxygens (including phenoxy) is 1. The second-order valence-electron chi connectivity index (χ2n) is 6.18. The predicted molar refractivity (Wildman–Crippen MR) is 115 cm³/mol.